The van der Waals surface area contributed by atoms with Gasteiger partial charge in [0.1, 0.15) is 0 Å². The van der Waals surface area contributed by atoms with Crippen LogP contribution in [0.4, 0.5) is 0 Å². The number of carbonyl (C=O) groups excluding carboxylic acids is 1. The standard InChI is InChI=1S/C19H17BrN2O3S/c1-3-22-17(23)15-10-14(20)8-9-16(15)21-19(22)26-11-12-4-6-13(7-5-12)18(24)25-2/h4-10H,3,11H2,1-2H3. The van der Waals surface area contributed by atoms with Gasteiger partial charge >= 0.3 is 5.97 Å². The Morgan fingerprint density at radius 3 is 2.62 bits per heavy atom. The van der Waals surface area contributed by atoms with E-state index in [0.29, 0.717) is 33.9 Å². The molecule has 1 heterocycles. The zero-order chi connectivity index (χ0) is 18.7. The number of carbonyl (C=O) groups is 1. The molecule has 26 heavy (non-hydrogen) atoms. The Morgan fingerprint density at radius 2 is 1.96 bits per heavy atom. The average Bonchev–Trinajstić information content (AvgIpc) is 2.67. The first-order valence-corrected chi connectivity index (χ1v) is 9.81. The van der Waals surface area contributed by atoms with Crippen molar-refractivity contribution in [2.24, 2.45) is 0 Å². The molecule has 0 N–H and O–H groups in total. The molecule has 3 rings (SSSR count). The topological polar surface area (TPSA) is 61.2 Å². The van der Waals surface area contributed by atoms with Gasteiger partial charge in [0.05, 0.1) is 23.6 Å². The summed E-state index contributed by atoms with van der Waals surface area (Å²) in [5, 5.41) is 1.29. The summed E-state index contributed by atoms with van der Waals surface area (Å²) < 4.78 is 7.24. The van der Waals surface area contributed by atoms with E-state index in [1.54, 1.807) is 22.8 Å². The molecule has 3 aromatic rings. The smallest absolute Gasteiger partial charge is 0.337 e. The van der Waals surface area contributed by atoms with Crippen LogP contribution in [0.3, 0.4) is 0 Å². The van der Waals surface area contributed by atoms with Crippen LogP contribution in [0.25, 0.3) is 10.9 Å². The lowest BCUT2D eigenvalue weighted by Gasteiger charge is -2.11. The maximum Gasteiger partial charge on any atom is 0.337 e. The monoisotopic (exact) mass is 432 g/mol. The Hall–Kier alpha value is -2.12. The minimum absolute atomic E-state index is 0.0395. The second-order valence-corrected chi connectivity index (χ2v) is 7.44. The summed E-state index contributed by atoms with van der Waals surface area (Å²) in [5.74, 6) is 0.294. The first kappa shape index (κ1) is 18.7. The molecule has 0 saturated carbocycles. The fourth-order valence-electron chi connectivity index (χ4n) is 2.56. The molecule has 0 bridgehead atoms. The van der Waals surface area contributed by atoms with Crippen LogP contribution in [0.5, 0.6) is 0 Å². The molecule has 134 valence electrons. The fraction of sp³-hybridized carbons (Fsp3) is 0.211. The van der Waals surface area contributed by atoms with Gasteiger partial charge in [0.2, 0.25) is 0 Å². The molecule has 0 atom stereocenters. The third-order valence-corrected chi connectivity index (χ3v) is 5.48. The summed E-state index contributed by atoms with van der Waals surface area (Å²) in [6, 6.07) is 12.8. The van der Waals surface area contributed by atoms with E-state index in [1.165, 1.54) is 18.9 Å². The van der Waals surface area contributed by atoms with Gasteiger partial charge in [-0.3, -0.25) is 9.36 Å². The van der Waals surface area contributed by atoms with E-state index in [4.69, 9.17) is 4.74 Å². The second-order valence-electron chi connectivity index (χ2n) is 5.58. The van der Waals surface area contributed by atoms with E-state index in [9.17, 15) is 9.59 Å². The van der Waals surface area contributed by atoms with Crippen molar-refractivity contribution in [1.82, 2.24) is 9.55 Å². The van der Waals surface area contributed by atoms with E-state index in [0.717, 1.165) is 10.0 Å². The normalized spacial score (nSPS) is 10.9. The van der Waals surface area contributed by atoms with Crippen LogP contribution in [0.1, 0.15) is 22.8 Å². The number of fused-ring (bicyclic) bond motifs is 1. The van der Waals surface area contributed by atoms with Crippen molar-refractivity contribution in [3.05, 3.63) is 68.4 Å². The van der Waals surface area contributed by atoms with Crippen LogP contribution in [0, 0.1) is 0 Å². The minimum atomic E-state index is -0.355. The highest BCUT2D eigenvalue weighted by molar-refractivity contribution is 9.10. The van der Waals surface area contributed by atoms with Gasteiger partial charge in [-0.15, -0.1) is 0 Å². The lowest BCUT2D eigenvalue weighted by Crippen LogP contribution is -2.22. The average molecular weight is 433 g/mol. The van der Waals surface area contributed by atoms with Crippen molar-refractivity contribution in [3.63, 3.8) is 0 Å². The highest BCUT2D eigenvalue weighted by Crippen LogP contribution is 2.23. The molecule has 0 aliphatic rings. The van der Waals surface area contributed by atoms with E-state index < -0.39 is 0 Å². The number of thioether (sulfide) groups is 1. The number of aromatic nitrogens is 2. The summed E-state index contributed by atoms with van der Waals surface area (Å²) in [7, 11) is 1.36. The van der Waals surface area contributed by atoms with Gasteiger partial charge in [0.15, 0.2) is 5.16 Å². The predicted octanol–water partition coefficient (Wildman–Crippen LogP) is 4.26. The fourth-order valence-corrected chi connectivity index (χ4v) is 3.94. The van der Waals surface area contributed by atoms with Gasteiger partial charge < -0.3 is 4.74 Å². The van der Waals surface area contributed by atoms with Gasteiger partial charge in [0.25, 0.3) is 5.56 Å². The van der Waals surface area contributed by atoms with Gasteiger partial charge in [-0.2, -0.15) is 0 Å². The summed E-state index contributed by atoms with van der Waals surface area (Å²) in [4.78, 5) is 28.9. The molecule has 0 fully saturated rings. The number of hydrogen-bond donors (Lipinski definition) is 0. The Morgan fingerprint density at radius 1 is 1.23 bits per heavy atom. The zero-order valence-corrected chi connectivity index (χ0v) is 16.8. The van der Waals surface area contributed by atoms with E-state index in [2.05, 4.69) is 20.9 Å². The second kappa shape index (κ2) is 8.05. The molecule has 2 aromatic carbocycles. The van der Waals surface area contributed by atoms with Crippen LogP contribution in [-0.2, 0) is 17.0 Å². The molecule has 7 heteroatoms. The molecule has 0 aliphatic carbocycles. The number of methoxy groups -OCH3 is 1. The van der Waals surface area contributed by atoms with Crippen LogP contribution in [-0.4, -0.2) is 22.6 Å². The van der Waals surface area contributed by atoms with Gasteiger partial charge in [0, 0.05) is 16.8 Å². The summed E-state index contributed by atoms with van der Waals surface area (Å²) in [5.41, 5.74) is 2.20. The lowest BCUT2D eigenvalue weighted by atomic mass is 10.1. The Balaban J connectivity index is 1.87. The third kappa shape index (κ3) is 3.83. The molecule has 0 radical (unpaired) electrons. The Bertz CT molecular complexity index is 1020. The van der Waals surface area contributed by atoms with Crippen molar-refractivity contribution in [1.29, 1.82) is 0 Å². The SMILES string of the molecule is CCn1c(SCc2ccc(C(=O)OC)cc2)nc2ccc(Br)cc2c1=O. The molecule has 0 spiro atoms. The molecule has 5 nitrogen and oxygen atoms in total. The van der Waals surface area contributed by atoms with Crippen molar-refractivity contribution >= 4 is 44.6 Å². The Kier molecular flexibility index (Phi) is 5.78. The summed E-state index contributed by atoms with van der Waals surface area (Å²) in [6.07, 6.45) is 0. The maximum absolute atomic E-state index is 12.7. The van der Waals surface area contributed by atoms with Crippen LogP contribution in [0.2, 0.25) is 0 Å². The molecular weight excluding hydrogens is 416 g/mol. The zero-order valence-electron chi connectivity index (χ0n) is 14.4. The number of rotatable bonds is 5. The Labute approximate surface area is 163 Å². The number of nitrogens with zero attached hydrogens (tertiary/aromatic N) is 2. The number of ether oxygens (including phenoxy) is 1. The van der Waals surface area contributed by atoms with Gasteiger partial charge in [-0.1, -0.05) is 39.8 Å². The van der Waals surface area contributed by atoms with Crippen LogP contribution >= 0.6 is 27.7 Å². The molecule has 0 amide bonds. The number of esters is 1. The van der Waals surface area contributed by atoms with E-state index in [1.807, 2.05) is 31.2 Å². The number of benzene rings is 2. The van der Waals surface area contributed by atoms with Crippen molar-refractivity contribution < 1.29 is 9.53 Å². The highest BCUT2D eigenvalue weighted by atomic mass is 79.9. The maximum atomic E-state index is 12.7. The quantitative estimate of drug-likeness (QED) is 0.342. The van der Waals surface area contributed by atoms with Crippen LogP contribution < -0.4 is 5.56 Å². The van der Waals surface area contributed by atoms with Crippen molar-refractivity contribution in [2.75, 3.05) is 7.11 Å². The number of hydrogen-bond acceptors (Lipinski definition) is 5. The predicted molar refractivity (Wildman–Crippen MR) is 107 cm³/mol. The lowest BCUT2D eigenvalue weighted by molar-refractivity contribution is 0.0600. The summed E-state index contributed by atoms with van der Waals surface area (Å²) >= 11 is 4.90. The molecule has 0 saturated heterocycles. The third-order valence-electron chi connectivity index (χ3n) is 3.94. The molecule has 0 unspecified atom stereocenters. The largest absolute Gasteiger partial charge is 0.465 e. The van der Waals surface area contributed by atoms with Gasteiger partial charge in [-0.25, -0.2) is 9.78 Å². The highest BCUT2D eigenvalue weighted by Gasteiger charge is 2.11. The minimum Gasteiger partial charge on any atom is -0.465 e. The summed E-state index contributed by atoms with van der Waals surface area (Å²) in [6.45, 7) is 2.49. The first-order valence-electron chi connectivity index (χ1n) is 8.03. The van der Waals surface area contributed by atoms with E-state index >= 15 is 0 Å². The van der Waals surface area contributed by atoms with Crippen LogP contribution in [0.15, 0.2) is 56.9 Å². The van der Waals surface area contributed by atoms with Gasteiger partial charge in [-0.05, 0) is 42.8 Å². The molecule has 0 aliphatic heterocycles. The van der Waals surface area contributed by atoms with E-state index in [-0.39, 0.29) is 11.5 Å². The van der Waals surface area contributed by atoms with Crippen molar-refractivity contribution in [2.45, 2.75) is 24.4 Å². The van der Waals surface area contributed by atoms with Crippen molar-refractivity contribution in [3.8, 4) is 0 Å². The molecule has 1 aromatic heterocycles. The number of halogens is 1. The first-order chi connectivity index (χ1) is 12.5. The molecular formula is C19H17BrN2O3S.